The van der Waals surface area contributed by atoms with Crippen LogP contribution in [0.2, 0.25) is 0 Å². The van der Waals surface area contributed by atoms with E-state index in [0.29, 0.717) is 22.4 Å². The molecule has 0 aliphatic heterocycles. The lowest BCUT2D eigenvalue weighted by atomic mass is 9.80. The Kier molecular flexibility index (Phi) is 6.89. The number of nitrogens with one attached hydrogen (secondary N) is 1. The minimum Gasteiger partial charge on any atom is -0.376 e. The maximum absolute atomic E-state index is 14.4. The SMILES string of the molecule is Cc1ccc(S(=O)(=O)c2ccc(C)cc2C(O)(c2ccccc2)c2ccccc2)c(Nc2ccccc2)c1. The van der Waals surface area contributed by atoms with E-state index in [1.807, 2.05) is 111 Å². The van der Waals surface area contributed by atoms with E-state index >= 15 is 0 Å². The molecular formula is C33H29NO3S. The standard InChI is InChI=1S/C33H29NO3S/c1-24-18-20-31(29(22-24)33(35,26-12-6-3-7-13-26)27-14-8-4-9-15-27)38(36,37)32-21-19-25(2)23-30(32)34-28-16-10-5-11-17-28/h3-23,34-35H,1-2H3. The highest BCUT2D eigenvalue weighted by Crippen LogP contribution is 2.42. The molecule has 0 amide bonds. The number of rotatable bonds is 7. The van der Waals surface area contributed by atoms with Crippen LogP contribution in [0, 0.1) is 13.8 Å². The summed E-state index contributed by atoms with van der Waals surface area (Å²) in [4.78, 5) is 0.193. The summed E-state index contributed by atoms with van der Waals surface area (Å²) in [5, 5.41) is 15.8. The third kappa shape index (κ3) is 4.74. The quantitative estimate of drug-likeness (QED) is 0.224. The molecular weight excluding hydrogens is 490 g/mol. The molecule has 5 aromatic carbocycles. The van der Waals surface area contributed by atoms with E-state index in [0.717, 1.165) is 16.8 Å². The van der Waals surface area contributed by atoms with E-state index in [1.165, 1.54) is 0 Å². The van der Waals surface area contributed by atoms with Crippen molar-refractivity contribution in [3.63, 3.8) is 0 Å². The molecule has 5 rings (SSSR count). The Balaban J connectivity index is 1.76. The van der Waals surface area contributed by atoms with Gasteiger partial charge in [0.1, 0.15) is 5.60 Å². The van der Waals surface area contributed by atoms with Crippen molar-refractivity contribution in [2.45, 2.75) is 29.2 Å². The molecule has 0 spiro atoms. The fourth-order valence-electron chi connectivity index (χ4n) is 4.77. The lowest BCUT2D eigenvalue weighted by Crippen LogP contribution is -2.31. The zero-order chi connectivity index (χ0) is 26.8. The lowest BCUT2D eigenvalue weighted by molar-refractivity contribution is 0.122. The van der Waals surface area contributed by atoms with Gasteiger partial charge in [-0.25, -0.2) is 8.42 Å². The average molecular weight is 520 g/mol. The van der Waals surface area contributed by atoms with Gasteiger partial charge < -0.3 is 10.4 Å². The molecule has 190 valence electrons. The molecule has 0 bridgehead atoms. The third-order valence-electron chi connectivity index (χ3n) is 6.67. The molecule has 0 unspecified atom stereocenters. The van der Waals surface area contributed by atoms with Gasteiger partial charge in [-0.05, 0) is 60.9 Å². The fourth-order valence-corrected chi connectivity index (χ4v) is 6.40. The highest BCUT2D eigenvalue weighted by Gasteiger charge is 2.39. The molecule has 0 aliphatic rings. The molecule has 0 radical (unpaired) electrons. The van der Waals surface area contributed by atoms with Crippen LogP contribution in [-0.4, -0.2) is 13.5 Å². The number of hydrogen-bond donors (Lipinski definition) is 2. The van der Waals surface area contributed by atoms with Crippen LogP contribution in [0.5, 0.6) is 0 Å². The molecule has 2 N–H and O–H groups in total. The van der Waals surface area contributed by atoms with Crippen LogP contribution in [-0.2, 0) is 15.4 Å². The zero-order valence-electron chi connectivity index (χ0n) is 21.3. The number of aryl methyl sites for hydroxylation is 2. The summed E-state index contributed by atoms with van der Waals surface area (Å²) >= 11 is 0. The Hall–Kier alpha value is -4.19. The van der Waals surface area contributed by atoms with Crippen molar-refractivity contribution in [3.05, 3.63) is 155 Å². The predicted molar refractivity (Wildman–Crippen MR) is 153 cm³/mol. The Morgan fingerprint density at radius 3 is 1.63 bits per heavy atom. The van der Waals surface area contributed by atoms with Crippen LogP contribution < -0.4 is 5.32 Å². The fraction of sp³-hybridized carbons (Fsp3) is 0.0909. The third-order valence-corrected chi connectivity index (χ3v) is 8.54. The van der Waals surface area contributed by atoms with E-state index < -0.39 is 15.4 Å². The Morgan fingerprint density at radius 2 is 1.08 bits per heavy atom. The van der Waals surface area contributed by atoms with Gasteiger partial charge in [-0.3, -0.25) is 0 Å². The van der Waals surface area contributed by atoms with Gasteiger partial charge in [0.15, 0.2) is 0 Å². The van der Waals surface area contributed by atoms with Crippen LogP contribution in [0.15, 0.2) is 137 Å². The number of para-hydroxylation sites is 1. The molecule has 0 aromatic heterocycles. The Bertz CT molecular complexity index is 1630. The summed E-state index contributed by atoms with van der Waals surface area (Å²) in [7, 11) is -4.08. The average Bonchev–Trinajstić information content (AvgIpc) is 2.94. The molecule has 5 aromatic rings. The van der Waals surface area contributed by atoms with E-state index in [9.17, 15) is 13.5 Å². The molecule has 0 aliphatic carbocycles. The van der Waals surface area contributed by atoms with Gasteiger partial charge in [0.25, 0.3) is 0 Å². The van der Waals surface area contributed by atoms with Gasteiger partial charge in [0.2, 0.25) is 9.84 Å². The van der Waals surface area contributed by atoms with Gasteiger partial charge in [0, 0.05) is 11.3 Å². The van der Waals surface area contributed by atoms with Crippen molar-refractivity contribution in [3.8, 4) is 0 Å². The van der Waals surface area contributed by atoms with Crippen LogP contribution in [0.25, 0.3) is 0 Å². The molecule has 5 heteroatoms. The summed E-state index contributed by atoms with van der Waals surface area (Å²) in [6, 6.07) is 38.2. The predicted octanol–water partition coefficient (Wildman–Crippen LogP) is 7.16. The first-order chi connectivity index (χ1) is 18.3. The van der Waals surface area contributed by atoms with Gasteiger partial charge >= 0.3 is 0 Å². The number of anilines is 2. The number of sulfone groups is 1. The van der Waals surface area contributed by atoms with E-state index in [4.69, 9.17) is 0 Å². The van der Waals surface area contributed by atoms with Crippen molar-refractivity contribution in [1.82, 2.24) is 0 Å². The van der Waals surface area contributed by atoms with Crippen molar-refractivity contribution in [1.29, 1.82) is 0 Å². The van der Waals surface area contributed by atoms with Crippen LogP contribution in [0.3, 0.4) is 0 Å². The van der Waals surface area contributed by atoms with Crippen LogP contribution in [0.1, 0.15) is 27.8 Å². The second kappa shape index (κ2) is 10.3. The van der Waals surface area contributed by atoms with Gasteiger partial charge in [-0.15, -0.1) is 0 Å². The Labute approximate surface area is 224 Å². The largest absolute Gasteiger partial charge is 0.376 e. The van der Waals surface area contributed by atoms with Crippen molar-refractivity contribution < 1.29 is 13.5 Å². The smallest absolute Gasteiger partial charge is 0.209 e. The maximum Gasteiger partial charge on any atom is 0.209 e. The summed E-state index contributed by atoms with van der Waals surface area (Å²) in [6.07, 6.45) is 0. The van der Waals surface area contributed by atoms with E-state index in [2.05, 4.69) is 5.32 Å². The monoisotopic (exact) mass is 519 g/mol. The summed E-state index contributed by atoms with van der Waals surface area (Å²) in [5.41, 5.74) is 2.80. The molecule has 0 fully saturated rings. The van der Waals surface area contributed by atoms with Crippen LogP contribution >= 0.6 is 0 Å². The highest BCUT2D eigenvalue weighted by atomic mass is 32.2. The van der Waals surface area contributed by atoms with Crippen LogP contribution in [0.4, 0.5) is 11.4 Å². The van der Waals surface area contributed by atoms with Gasteiger partial charge in [-0.1, -0.05) is 103 Å². The number of hydrogen-bond acceptors (Lipinski definition) is 4. The minimum atomic E-state index is -4.08. The normalized spacial score (nSPS) is 11.8. The lowest BCUT2D eigenvalue weighted by Gasteiger charge is -2.32. The molecule has 38 heavy (non-hydrogen) atoms. The molecule has 0 saturated heterocycles. The topological polar surface area (TPSA) is 66.4 Å². The van der Waals surface area contributed by atoms with Gasteiger partial charge in [0.05, 0.1) is 15.5 Å². The summed E-state index contributed by atoms with van der Waals surface area (Å²) in [6.45, 7) is 3.82. The summed E-state index contributed by atoms with van der Waals surface area (Å²) < 4.78 is 28.9. The van der Waals surface area contributed by atoms with E-state index in [-0.39, 0.29) is 9.79 Å². The second-order valence-electron chi connectivity index (χ2n) is 9.44. The minimum absolute atomic E-state index is 0.0540. The number of aliphatic hydroxyl groups is 1. The van der Waals surface area contributed by atoms with Crippen molar-refractivity contribution >= 4 is 21.2 Å². The van der Waals surface area contributed by atoms with E-state index in [1.54, 1.807) is 30.3 Å². The molecule has 0 saturated carbocycles. The van der Waals surface area contributed by atoms with Crippen molar-refractivity contribution in [2.24, 2.45) is 0 Å². The Morgan fingerprint density at radius 1 is 0.605 bits per heavy atom. The maximum atomic E-state index is 14.4. The molecule has 0 heterocycles. The second-order valence-corrected chi connectivity index (χ2v) is 11.3. The zero-order valence-corrected chi connectivity index (χ0v) is 22.1. The molecule has 4 nitrogen and oxygen atoms in total. The first-order valence-electron chi connectivity index (χ1n) is 12.4. The first-order valence-corrected chi connectivity index (χ1v) is 13.9. The first kappa shape index (κ1) is 25.5. The van der Waals surface area contributed by atoms with Gasteiger partial charge in [-0.2, -0.15) is 0 Å². The van der Waals surface area contributed by atoms with Crippen molar-refractivity contribution in [2.75, 3.05) is 5.32 Å². The molecule has 0 atom stereocenters. The number of benzene rings is 5. The summed E-state index contributed by atoms with van der Waals surface area (Å²) in [5.74, 6) is 0. The highest BCUT2D eigenvalue weighted by molar-refractivity contribution is 7.91.